The van der Waals surface area contributed by atoms with E-state index in [1.54, 1.807) is 0 Å². The van der Waals surface area contributed by atoms with Crippen molar-refractivity contribution in [2.75, 3.05) is 25.5 Å². The van der Waals surface area contributed by atoms with Gasteiger partial charge in [0.2, 0.25) is 0 Å². The minimum absolute atomic E-state index is 0.000360. The van der Waals surface area contributed by atoms with Crippen LogP contribution in [0.25, 0.3) is 0 Å². The largest absolute Gasteiger partial charge is 0.373 e. The molecule has 0 radical (unpaired) electrons. The average Bonchev–Trinajstić information content (AvgIpc) is 2.51. The fourth-order valence-corrected chi connectivity index (χ4v) is 2.09. The Hall–Kier alpha value is -1.16. The van der Waals surface area contributed by atoms with Crippen molar-refractivity contribution in [3.8, 4) is 0 Å². The predicted molar refractivity (Wildman–Crippen MR) is 70.6 cm³/mol. The summed E-state index contributed by atoms with van der Waals surface area (Å²) in [5.74, 6) is 1.94. The fraction of sp³-hybridized carbons (Fsp3) is 0.692. The van der Waals surface area contributed by atoms with E-state index in [2.05, 4.69) is 36.4 Å². The molecule has 1 aromatic heterocycles. The van der Waals surface area contributed by atoms with Crippen molar-refractivity contribution in [1.82, 2.24) is 15.3 Å². The molecule has 2 N–H and O–H groups in total. The molecule has 0 saturated heterocycles. The third-order valence-corrected chi connectivity index (χ3v) is 3.09. The molecule has 1 aliphatic rings. The minimum atomic E-state index is 0.000360. The first-order chi connectivity index (χ1) is 8.02. The summed E-state index contributed by atoms with van der Waals surface area (Å²) >= 11 is 0. The van der Waals surface area contributed by atoms with Crippen LogP contribution in [0.3, 0.4) is 0 Å². The SMILES string of the molecule is CNc1nc(C(C)(C)C)nc2c1CCNCC2. The molecule has 0 amide bonds. The maximum atomic E-state index is 4.76. The number of aromatic nitrogens is 2. The van der Waals surface area contributed by atoms with Crippen LogP contribution in [0, 0.1) is 0 Å². The molecule has 0 fully saturated rings. The van der Waals surface area contributed by atoms with Crippen LogP contribution in [-0.2, 0) is 18.3 Å². The topological polar surface area (TPSA) is 49.8 Å². The van der Waals surface area contributed by atoms with Crippen molar-refractivity contribution >= 4 is 5.82 Å². The first kappa shape index (κ1) is 12.3. The summed E-state index contributed by atoms with van der Waals surface area (Å²) in [7, 11) is 1.94. The zero-order chi connectivity index (χ0) is 12.5. The van der Waals surface area contributed by atoms with E-state index >= 15 is 0 Å². The van der Waals surface area contributed by atoms with E-state index in [4.69, 9.17) is 4.98 Å². The summed E-state index contributed by atoms with van der Waals surface area (Å²) in [6, 6.07) is 0. The van der Waals surface area contributed by atoms with Crippen LogP contribution in [-0.4, -0.2) is 30.1 Å². The molecule has 0 aromatic carbocycles. The van der Waals surface area contributed by atoms with E-state index in [-0.39, 0.29) is 5.41 Å². The van der Waals surface area contributed by atoms with Gasteiger partial charge < -0.3 is 10.6 Å². The van der Waals surface area contributed by atoms with Crippen LogP contribution >= 0.6 is 0 Å². The highest BCUT2D eigenvalue weighted by atomic mass is 15.0. The van der Waals surface area contributed by atoms with Crippen LogP contribution in [0.5, 0.6) is 0 Å². The van der Waals surface area contributed by atoms with Gasteiger partial charge >= 0.3 is 0 Å². The number of nitrogens with one attached hydrogen (secondary N) is 2. The highest BCUT2D eigenvalue weighted by Crippen LogP contribution is 2.25. The molecule has 1 aliphatic heterocycles. The Bertz CT molecular complexity index is 407. The summed E-state index contributed by atoms with van der Waals surface area (Å²) in [4.78, 5) is 9.43. The van der Waals surface area contributed by atoms with E-state index < -0.39 is 0 Å². The lowest BCUT2D eigenvalue weighted by Gasteiger charge is -2.20. The highest BCUT2D eigenvalue weighted by molar-refractivity contribution is 5.47. The van der Waals surface area contributed by atoms with E-state index in [0.717, 1.165) is 37.6 Å². The van der Waals surface area contributed by atoms with Gasteiger partial charge in [-0.2, -0.15) is 0 Å². The van der Waals surface area contributed by atoms with Gasteiger partial charge in [0.1, 0.15) is 11.6 Å². The number of rotatable bonds is 1. The van der Waals surface area contributed by atoms with Gasteiger partial charge in [0.25, 0.3) is 0 Å². The van der Waals surface area contributed by atoms with Crippen LogP contribution in [0.4, 0.5) is 5.82 Å². The normalized spacial score (nSPS) is 16.2. The van der Waals surface area contributed by atoms with E-state index in [0.29, 0.717) is 0 Å². The summed E-state index contributed by atoms with van der Waals surface area (Å²) in [5.41, 5.74) is 2.49. The summed E-state index contributed by atoms with van der Waals surface area (Å²) in [5, 5.41) is 6.62. The molecule has 17 heavy (non-hydrogen) atoms. The molecule has 0 bridgehead atoms. The Morgan fingerprint density at radius 2 is 1.82 bits per heavy atom. The van der Waals surface area contributed by atoms with E-state index in [1.807, 2.05) is 7.05 Å². The van der Waals surface area contributed by atoms with Gasteiger partial charge in [-0.3, -0.25) is 0 Å². The molecule has 0 unspecified atom stereocenters. The van der Waals surface area contributed by atoms with Gasteiger partial charge in [-0.15, -0.1) is 0 Å². The maximum Gasteiger partial charge on any atom is 0.136 e. The zero-order valence-electron chi connectivity index (χ0n) is 11.2. The Balaban J connectivity index is 2.51. The van der Waals surface area contributed by atoms with Gasteiger partial charge in [-0.25, -0.2) is 9.97 Å². The molecule has 2 rings (SSSR count). The van der Waals surface area contributed by atoms with Crippen molar-refractivity contribution in [2.24, 2.45) is 0 Å². The van der Waals surface area contributed by atoms with Crippen molar-refractivity contribution in [1.29, 1.82) is 0 Å². The molecule has 2 heterocycles. The Morgan fingerprint density at radius 1 is 1.12 bits per heavy atom. The number of anilines is 1. The zero-order valence-corrected chi connectivity index (χ0v) is 11.2. The first-order valence-electron chi connectivity index (χ1n) is 6.31. The second-order valence-electron chi connectivity index (χ2n) is 5.57. The first-order valence-corrected chi connectivity index (χ1v) is 6.31. The monoisotopic (exact) mass is 234 g/mol. The standard InChI is InChI=1S/C13H22N4/c1-13(2,3)12-16-10-6-8-15-7-5-9(10)11(14-4)17-12/h15H,5-8H2,1-4H3,(H,14,16,17). The van der Waals surface area contributed by atoms with Gasteiger partial charge in [0, 0.05) is 31.0 Å². The Labute approximate surface area is 103 Å². The maximum absolute atomic E-state index is 4.76. The van der Waals surface area contributed by atoms with Crippen molar-refractivity contribution in [2.45, 2.75) is 39.0 Å². The molecule has 94 valence electrons. The number of hydrogen-bond donors (Lipinski definition) is 2. The lowest BCUT2D eigenvalue weighted by atomic mass is 9.95. The van der Waals surface area contributed by atoms with Gasteiger partial charge in [0.05, 0.1) is 5.69 Å². The van der Waals surface area contributed by atoms with Crippen molar-refractivity contribution in [3.63, 3.8) is 0 Å². The van der Waals surface area contributed by atoms with Gasteiger partial charge in [0.15, 0.2) is 0 Å². The number of hydrogen-bond acceptors (Lipinski definition) is 4. The fourth-order valence-electron chi connectivity index (χ4n) is 2.09. The van der Waals surface area contributed by atoms with E-state index in [1.165, 1.54) is 11.3 Å². The quantitative estimate of drug-likeness (QED) is 0.773. The second-order valence-corrected chi connectivity index (χ2v) is 5.57. The van der Waals surface area contributed by atoms with Crippen molar-refractivity contribution < 1.29 is 0 Å². The average molecular weight is 234 g/mol. The molecule has 0 aliphatic carbocycles. The van der Waals surface area contributed by atoms with Crippen LogP contribution < -0.4 is 10.6 Å². The lowest BCUT2D eigenvalue weighted by molar-refractivity contribution is 0.541. The smallest absolute Gasteiger partial charge is 0.136 e. The van der Waals surface area contributed by atoms with Crippen LogP contribution in [0.1, 0.15) is 37.9 Å². The third-order valence-electron chi connectivity index (χ3n) is 3.09. The molecule has 0 spiro atoms. The number of fused-ring (bicyclic) bond motifs is 1. The molecule has 1 aromatic rings. The molecule has 0 atom stereocenters. The van der Waals surface area contributed by atoms with Gasteiger partial charge in [-0.1, -0.05) is 20.8 Å². The summed E-state index contributed by atoms with van der Waals surface area (Å²) in [6.07, 6.45) is 2.01. The summed E-state index contributed by atoms with van der Waals surface area (Å²) in [6.45, 7) is 8.49. The molecular formula is C13H22N4. The molecule has 0 saturated carbocycles. The second kappa shape index (κ2) is 4.61. The van der Waals surface area contributed by atoms with Gasteiger partial charge in [-0.05, 0) is 13.0 Å². The van der Waals surface area contributed by atoms with Crippen molar-refractivity contribution in [3.05, 3.63) is 17.1 Å². The van der Waals surface area contributed by atoms with Crippen LogP contribution in [0.2, 0.25) is 0 Å². The Morgan fingerprint density at radius 3 is 2.47 bits per heavy atom. The van der Waals surface area contributed by atoms with E-state index in [9.17, 15) is 0 Å². The molecular weight excluding hydrogens is 212 g/mol. The summed E-state index contributed by atoms with van der Waals surface area (Å²) < 4.78 is 0. The number of nitrogens with zero attached hydrogens (tertiary/aromatic N) is 2. The lowest BCUT2D eigenvalue weighted by Crippen LogP contribution is -2.20. The third kappa shape index (κ3) is 2.57. The predicted octanol–water partition coefficient (Wildman–Crippen LogP) is 1.50. The molecule has 4 heteroatoms. The van der Waals surface area contributed by atoms with Crippen LogP contribution in [0.15, 0.2) is 0 Å². The highest BCUT2D eigenvalue weighted by Gasteiger charge is 2.22. The molecule has 4 nitrogen and oxygen atoms in total. The Kier molecular flexibility index (Phi) is 3.33. The minimum Gasteiger partial charge on any atom is -0.373 e.